The monoisotopic (exact) mass is 185 g/mol. The quantitative estimate of drug-likeness (QED) is 0.654. The summed E-state index contributed by atoms with van der Waals surface area (Å²) in [6.45, 7) is 0.923. The first kappa shape index (κ1) is 8.81. The first-order valence-electron chi connectivity index (χ1n) is 4.83. The Hall–Kier alpha value is -0.770. The largest absolute Gasteiger partial charge is 0.446 e. The van der Waals surface area contributed by atoms with Gasteiger partial charge in [0.2, 0.25) is 0 Å². The Morgan fingerprint density at radius 1 is 1.31 bits per heavy atom. The number of ether oxygens (including phenoxy) is 2. The molecule has 1 saturated heterocycles. The predicted octanol–water partition coefficient (Wildman–Crippen LogP) is 1.04. The number of nitrogens with two attached hydrogens (primary N) is 1. The van der Waals surface area contributed by atoms with Crippen LogP contribution in [0.5, 0.6) is 0 Å². The lowest BCUT2D eigenvalue weighted by Gasteiger charge is -2.26. The van der Waals surface area contributed by atoms with Crippen molar-refractivity contribution >= 4 is 6.09 Å². The van der Waals surface area contributed by atoms with Gasteiger partial charge >= 0.3 is 6.09 Å². The molecule has 0 aromatic rings. The maximum Gasteiger partial charge on any atom is 0.404 e. The van der Waals surface area contributed by atoms with Crippen molar-refractivity contribution in [2.75, 3.05) is 6.61 Å². The minimum atomic E-state index is -0.647. The maximum absolute atomic E-state index is 10.5. The normalized spacial score (nSPS) is 38.3. The highest BCUT2D eigenvalue weighted by Gasteiger charge is 2.35. The number of primary amides is 1. The van der Waals surface area contributed by atoms with Crippen molar-refractivity contribution in [3.63, 3.8) is 0 Å². The van der Waals surface area contributed by atoms with E-state index >= 15 is 0 Å². The van der Waals surface area contributed by atoms with Crippen LogP contribution < -0.4 is 5.73 Å². The van der Waals surface area contributed by atoms with Crippen LogP contribution in [-0.2, 0) is 9.47 Å². The Kier molecular flexibility index (Phi) is 2.40. The molecule has 1 unspecified atom stereocenters. The van der Waals surface area contributed by atoms with Crippen molar-refractivity contribution in [3.8, 4) is 0 Å². The molecule has 1 atom stereocenters. The summed E-state index contributed by atoms with van der Waals surface area (Å²) in [7, 11) is 0. The fourth-order valence-electron chi connectivity index (χ4n) is 2.07. The van der Waals surface area contributed by atoms with Crippen molar-refractivity contribution < 1.29 is 14.3 Å². The fraction of sp³-hybridized carbons (Fsp3) is 0.889. The molecular formula is C9H15NO3. The van der Waals surface area contributed by atoms with Crippen LogP contribution in [0.4, 0.5) is 4.79 Å². The molecule has 1 saturated carbocycles. The molecule has 0 bridgehead atoms. The van der Waals surface area contributed by atoms with Gasteiger partial charge in [-0.2, -0.15) is 0 Å². The molecule has 0 aromatic heterocycles. The van der Waals surface area contributed by atoms with Gasteiger partial charge in [-0.3, -0.25) is 0 Å². The molecule has 0 aromatic carbocycles. The third-order valence-corrected chi connectivity index (χ3v) is 2.89. The van der Waals surface area contributed by atoms with E-state index in [2.05, 4.69) is 0 Å². The lowest BCUT2D eigenvalue weighted by atomic mass is 9.85. The lowest BCUT2D eigenvalue weighted by molar-refractivity contribution is 0.0667. The average molecular weight is 185 g/mol. The van der Waals surface area contributed by atoms with Crippen molar-refractivity contribution in [2.24, 2.45) is 11.7 Å². The van der Waals surface area contributed by atoms with Crippen LogP contribution in [0.1, 0.15) is 25.7 Å². The van der Waals surface area contributed by atoms with E-state index in [0.717, 1.165) is 32.3 Å². The number of hydrogen-bond donors (Lipinski definition) is 1. The van der Waals surface area contributed by atoms with Gasteiger partial charge in [-0.1, -0.05) is 0 Å². The van der Waals surface area contributed by atoms with Crippen LogP contribution in [0, 0.1) is 5.92 Å². The van der Waals surface area contributed by atoms with Crippen molar-refractivity contribution in [1.29, 1.82) is 0 Å². The molecule has 1 aliphatic carbocycles. The zero-order valence-electron chi connectivity index (χ0n) is 7.57. The maximum atomic E-state index is 10.5. The van der Waals surface area contributed by atoms with Gasteiger partial charge in [0, 0.05) is 0 Å². The zero-order valence-corrected chi connectivity index (χ0v) is 7.57. The molecular weight excluding hydrogens is 170 g/mol. The zero-order chi connectivity index (χ0) is 9.26. The molecule has 0 radical (unpaired) electrons. The Morgan fingerprint density at radius 3 is 2.38 bits per heavy atom. The fourth-order valence-corrected chi connectivity index (χ4v) is 2.07. The smallest absolute Gasteiger partial charge is 0.404 e. The Bertz CT molecular complexity index is 195. The molecule has 74 valence electrons. The highest BCUT2D eigenvalue weighted by Crippen LogP contribution is 2.34. The number of amides is 1. The van der Waals surface area contributed by atoms with Gasteiger partial charge in [-0.15, -0.1) is 0 Å². The molecule has 4 heteroatoms. The SMILES string of the molecule is NC(=O)O[C@H]1CC[C@H](C2CO2)CC1. The molecule has 2 aliphatic rings. The first-order valence-corrected chi connectivity index (χ1v) is 4.83. The summed E-state index contributed by atoms with van der Waals surface area (Å²) in [5.74, 6) is 0.688. The third-order valence-electron chi connectivity index (χ3n) is 2.89. The highest BCUT2D eigenvalue weighted by molar-refractivity contribution is 5.64. The van der Waals surface area contributed by atoms with Crippen molar-refractivity contribution in [3.05, 3.63) is 0 Å². The summed E-state index contributed by atoms with van der Waals surface area (Å²) in [5.41, 5.74) is 4.94. The highest BCUT2D eigenvalue weighted by atomic mass is 16.6. The Labute approximate surface area is 77.4 Å². The summed E-state index contributed by atoms with van der Waals surface area (Å²) >= 11 is 0. The summed E-state index contributed by atoms with van der Waals surface area (Å²) in [6.07, 6.45) is 3.97. The van der Waals surface area contributed by atoms with E-state index in [1.807, 2.05) is 0 Å². The van der Waals surface area contributed by atoms with E-state index < -0.39 is 6.09 Å². The van der Waals surface area contributed by atoms with Crippen LogP contribution in [0.3, 0.4) is 0 Å². The van der Waals surface area contributed by atoms with Crippen LogP contribution in [0.25, 0.3) is 0 Å². The second-order valence-corrected chi connectivity index (χ2v) is 3.85. The number of carbonyl (C=O) groups is 1. The second-order valence-electron chi connectivity index (χ2n) is 3.85. The number of epoxide rings is 1. The first-order chi connectivity index (χ1) is 6.25. The standard InChI is InChI=1S/C9H15NO3/c10-9(11)13-7-3-1-6(2-4-7)8-5-12-8/h6-8H,1-5H2,(H2,10,11)/t6-,7-,8?. The van der Waals surface area contributed by atoms with Gasteiger partial charge in [-0.25, -0.2) is 4.79 Å². The van der Waals surface area contributed by atoms with Crippen LogP contribution >= 0.6 is 0 Å². The number of carbonyl (C=O) groups excluding carboxylic acids is 1. The minimum absolute atomic E-state index is 0.0486. The third kappa shape index (κ3) is 2.34. The minimum Gasteiger partial charge on any atom is -0.446 e. The summed E-state index contributed by atoms with van der Waals surface area (Å²) < 4.78 is 10.2. The van der Waals surface area contributed by atoms with Crippen molar-refractivity contribution in [2.45, 2.75) is 37.9 Å². The lowest BCUT2D eigenvalue weighted by Crippen LogP contribution is -2.28. The Balaban J connectivity index is 1.72. The van der Waals surface area contributed by atoms with Crippen LogP contribution in [0.2, 0.25) is 0 Å². The molecule has 13 heavy (non-hydrogen) atoms. The van der Waals surface area contributed by atoms with Gasteiger partial charge < -0.3 is 15.2 Å². The van der Waals surface area contributed by atoms with Gasteiger partial charge in [0.15, 0.2) is 0 Å². The van der Waals surface area contributed by atoms with E-state index in [4.69, 9.17) is 15.2 Å². The number of hydrogen-bond acceptors (Lipinski definition) is 3. The molecule has 1 amide bonds. The molecule has 2 fully saturated rings. The molecule has 1 aliphatic heterocycles. The van der Waals surface area contributed by atoms with Crippen molar-refractivity contribution in [1.82, 2.24) is 0 Å². The molecule has 2 N–H and O–H groups in total. The van der Waals surface area contributed by atoms with Crippen LogP contribution in [0.15, 0.2) is 0 Å². The average Bonchev–Trinajstić information content (AvgIpc) is 2.87. The van der Waals surface area contributed by atoms with Gasteiger partial charge in [0.05, 0.1) is 12.7 Å². The summed E-state index contributed by atoms with van der Waals surface area (Å²) in [5, 5.41) is 0. The molecule has 0 spiro atoms. The molecule has 4 nitrogen and oxygen atoms in total. The van der Waals surface area contributed by atoms with E-state index in [1.165, 1.54) is 0 Å². The predicted molar refractivity (Wildman–Crippen MR) is 46.2 cm³/mol. The van der Waals surface area contributed by atoms with Crippen LogP contribution in [-0.4, -0.2) is 24.9 Å². The van der Waals surface area contributed by atoms with E-state index in [1.54, 1.807) is 0 Å². The van der Waals surface area contributed by atoms with E-state index in [-0.39, 0.29) is 6.10 Å². The van der Waals surface area contributed by atoms with E-state index in [9.17, 15) is 4.79 Å². The van der Waals surface area contributed by atoms with Gasteiger partial charge in [-0.05, 0) is 31.6 Å². The van der Waals surface area contributed by atoms with E-state index in [0.29, 0.717) is 12.0 Å². The summed E-state index contributed by atoms with van der Waals surface area (Å²) in [6, 6.07) is 0. The summed E-state index contributed by atoms with van der Waals surface area (Å²) in [4.78, 5) is 10.5. The second kappa shape index (κ2) is 3.54. The molecule has 1 heterocycles. The topological polar surface area (TPSA) is 64.9 Å². The Morgan fingerprint density at radius 2 is 1.92 bits per heavy atom. The van der Waals surface area contributed by atoms with Gasteiger partial charge in [0.1, 0.15) is 6.10 Å². The molecule has 2 rings (SSSR count). The van der Waals surface area contributed by atoms with Gasteiger partial charge in [0.25, 0.3) is 0 Å². The number of rotatable bonds is 2.